The minimum atomic E-state index is -0.113. The largest absolute Gasteiger partial charge is 0.395 e. The minimum absolute atomic E-state index is 0.0689. The smallest absolute Gasteiger partial charge is 0.0606 e. The van der Waals surface area contributed by atoms with E-state index < -0.39 is 0 Å². The Kier molecular flexibility index (Phi) is 33.1. The van der Waals surface area contributed by atoms with Gasteiger partial charge in [0.1, 0.15) is 0 Å². The minimum Gasteiger partial charge on any atom is -0.395 e. The van der Waals surface area contributed by atoms with Crippen LogP contribution in [-0.2, 0) is 25.7 Å². The number of aliphatic hydroxyl groups excluding tert-OH is 5. The van der Waals surface area contributed by atoms with E-state index in [0.717, 1.165) is 103 Å². The van der Waals surface area contributed by atoms with Crippen molar-refractivity contribution in [2.24, 2.45) is 22.9 Å². The number of rotatable bonds is 29. The van der Waals surface area contributed by atoms with Gasteiger partial charge in [0, 0.05) is 116 Å². The Hall–Kier alpha value is -6.53. The molecular formula is C74H95Cl3N8O5. The number of halogens is 3. The first-order valence-corrected chi connectivity index (χ1v) is 32.6. The molecule has 13 N–H and O–H groups in total. The molecule has 0 bridgehead atoms. The number of nitrogens with zero attached hydrogens (tertiary/aromatic N) is 4. The quantitative estimate of drug-likeness (QED) is 0.0213. The monoisotopic (exact) mass is 1280 g/mol. The lowest BCUT2D eigenvalue weighted by Gasteiger charge is -2.26. The van der Waals surface area contributed by atoms with E-state index in [1.54, 1.807) is 0 Å². The summed E-state index contributed by atoms with van der Waals surface area (Å²) in [5, 5.41) is 48.6. The number of anilines is 4. The van der Waals surface area contributed by atoms with Gasteiger partial charge in [-0.15, -0.1) is 0 Å². The van der Waals surface area contributed by atoms with E-state index in [2.05, 4.69) is 131 Å². The molecule has 0 spiro atoms. The van der Waals surface area contributed by atoms with Gasteiger partial charge in [-0.2, -0.15) is 0 Å². The Morgan fingerprint density at radius 1 is 0.311 bits per heavy atom. The average molecular weight is 1280 g/mol. The molecule has 1 fully saturated rings. The highest BCUT2D eigenvalue weighted by Crippen LogP contribution is 2.33. The van der Waals surface area contributed by atoms with Crippen LogP contribution in [0.2, 0.25) is 15.1 Å². The summed E-state index contributed by atoms with van der Waals surface area (Å²) < 4.78 is 0. The fourth-order valence-electron chi connectivity index (χ4n) is 11.0. The fourth-order valence-corrected chi connectivity index (χ4v) is 11.4. The zero-order valence-electron chi connectivity index (χ0n) is 52.1. The van der Waals surface area contributed by atoms with E-state index >= 15 is 0 Å². The molecule has 0 aromatic heterocycles. The van der Waals surface area contributed by atoms with Gasteiger partial charge in [-0.05, 0) is 186 Å². The van der Waals surface area contributed by atoms with Gasteiger partial charge in [0.15, 0.2) is 0 Å². The van der Waals surface area contributed by atoms with E-state index in [0.29, 0.717) is 58.3 Å². The third kappa shape index (κ3) is 25.6. The first-order chi connectivity index (χ1) is 43.9. The highest BCUT2D eigenvalue weighted by atomic mass is 35.5. The average Bonchev–Trinajstić information content (AvgIpc) is 3.43. The number of aliphatic hydroxyl groups is 5. The molecule has 0 aliphatic heterocycles. The third-order valence-corrected chi connectivity index (χ3v) is 16.5. The van der Waals surface area contributed by atoms with Crippen molar-refractivity contribution in [3.05, 3.63) is 259 Å². The summed E-state index contributed by atoms with van der Waals surface area (Å²) in [7, 11) is 0. The number of nitrogens with two attached hydrogens (primary N) is 4. The Morgan fingerprint density at radius 2 is 0.533 bits per heavy atom. The predicted molar refractivity (Wildman–Crippen MR) is 378 cm³/mol. The van der Waals surface area contributed by atoms with E-state index in [1.165, 1.54) is 62.2 Å². The molecular weight excluding hydrogens is 1190 g/mol. The maximum absolute atomic E-state index is 9.80. The molecule has 0 radical (unpaired) electrons. The molecule has 1 saturated carbocycles. The van der Waals surface area contributed by atoms with Gasteiger partial charge in [-0.25, -0.2) is 0 Å². The van der Waals surface area contributed by atoms with Crippen molar-refractivity contribution in [2.75, 3.05) is 125 Å². The topological polar surface area (TPSA) is 218 Å². The molecule has 16 heteroatoms. The molecule has 0 amide bonds. The van der Waals surface area contributed by atoms with E-state index in [-0.39, 0.29) is 32.5 Å². The second kappa shape index (κ2) is 41.1. The maximum atomic E-state index is 9.80. The molecule has 2 atom stereocenters. The van der Waals surface area contributed by atoms with Crippen molar-refractivity contribution < 1.29 is 25.5 Å². The summed E-state index contributed by atoms with van der Waals surface area (Å²) in [5.74, 6) is 0.526. The first-order valence-electron chi connectivity index (χ1n) is 31.5. The summed E-state index contributed by atoms with van der Waals surface area (Å²) in [5.41, 5.74) is 38.4. The Bertz CT molecular complexity index is 2860. The standard InChI is InChI=1S/C21H32N4O2.C19H21ClO.C17H22ClN3.C17H20ClNO2/c22-9-11-24(12-10-23)20-5-1-18(2-6-20)17-19-3-7-21(8-4-19)25(13-15-26)14-16-27;20-18-10-6-15(7-11-18)12-14-4-8-16(9-5-14)17-2-1-3-19(21)13-17;18-16-5-1-14(2-6-16)13-15-3-7-17(8-4-15)21(11-9-19)12-10-20;18-16-5-1-14(2-6-16)13-15-3-7-17(8-4-15)19(9-11-20)10-12-21/h1-8,26-27H,9-17,22-23H2;4-11,17,19,21H,1-3,12-13H2;1-8H,9-13,19-20H2;1-8,20-21H,9-13H2. The van der Waals surface area contributed by atoms with Gasteiger partial charge in [0.25, 0.3) is 0 Å². The van der Waals surface area contributed by atoms with Crippen LogP contribution in [0, 0.1) is 0 Å². The molecule has 482 valence electrons. The van der Waals surface area contributed by atoms with E-state index in [4.69, 9.17) is 78.2 Å². The van der Waals surface area contributed by atoms with Crippen LogP contribution in [0.15, 0.2) is 194 Å². The normalized spacial score (nSPS) is 13.4. The molecule has 1 aliphatic rings. The third-order valence-electron chi connectivity index (χ3n) is 15.8. The molecule has 1 aliphatic carbocycles. The molecule has 13 nitrogen and oxygen atoms in total. The fraction of sp³-hybridized carbons (Fsp3) is 0.351. The predicted octanol–water partition coefficient (Wildman–Crippen LogP) is 11.1. The van der Waals surface area contributed by atoms with Gasteiger partial charge in [0.2, 0.25) is 0 Å². The summed E-state index contributed by atoms with van der Waals surface area (Å²) in [4.78, 5) is 8.36. The van der Waals surface area contributed by atoms with Crippen molar-refractivity contribution in [3.8, 4) is 0 Å². The van der Waals surface area contributed by atoms with Crippen LogP contribution in [0.4, 0.5) is 22.7 Å². The molecule has 2 unspecified atom stereocenters. The number of benzene rings is 8. The van der Waals surface area contributed by atoms with Crippen LogP contribution >= 0.6 is 34.8 Å². The van der Waals surface area contributed by atoms with E-state index in [9.17, 15) is 5.11 Å². The van der Waals surface area contributed by atoms with Crippen molar-refractivity contribution in [2.45, 2.75) is 63.4 Å². The zero-order valence-corrected chi connectivity index (χ0v) is 54.3. The summed E-state index contributed by atoms with van der Waals surface area (Å²) >= 11 is 17.7. The van der Waals surface area contributed by atoms with Gasteiger partial charge >= 0.3 is 0 Å². The van der Waals surface area contributed by atoms with Crippen molar-refractivity contribution in [1.29, 1.82) is 0 Å². The van der Waals surface area contributed by atoms with Gasteiger partial charge in [-0.1, -0.05) is 150 Å². The van der Waals surface area contributed by atoms with Gasteiger partial charge < -0.3 is 68.1 Å². The van der Waals surface area contributed by atoms with Crippen LogP contribution < -0.4 is 42.5 Å². The van der Waals surface area contributed by atoms with Crippen LogP contribution in [0.1, 0.15) is 81.7 Å². The highest BCUT2D eigenvalue weighted by Gasteiger charge is 2.21. The number of hydrogen-bond donors (Lipinski definition) is 9. The maximum Gasteiger partial charge on any atom is 0.0606 e. The van der Waals surface area contributed by atoms with E-state index in [1.807, 2.05) is 82.6 Å². The SMILES string of the molecule is NCCN(CCN)c1ccc(Cc2ccc(Cl)cc2)cc1.NCCN(CCN)c1ccc(Cc2ccc(N(CCO)CCO)cc2)cc1.OC1CCCC(c2ccc(Cc3ccc(Cl)cc3)cc2)C1.OCCN(CCO)c1ccc(Cc2ccc(Cl)cc2)cc1. The highest BCUT2D eigenvalue weighted by molar-refractivity contribution is 6.31. The zero-order chi connectivity index (χ0) is 64.3. The van der Waals surface area contributed by atoms with Gasteiger partial charge in [-0.3, -0.25) is 0 Å². The molecule has 0 saturated heterocycles. The van der Waals surface area contributed by atoms with Crippen LogP contribution in [0.25, 0.3) is 0 Å². The second-order valence-electron chi connectivity index (χ2n) is 22.5. The van der Waals surface area contributed by atoms with Crippen molar-refractivity contribution >= 4 is 57.6 Å². The Balaban J connectivity index is 0.000000192. The van der Waals surface area contributed by atoms with Crippen molar-refractivity contribution in [3.63, 3.8) is 0 Å². The Labute approximate surface area is 550 Å². The lowest BCUT2D eigenvalue weighted by Crippen LogP contribution is -2.33. The summed E-state index contributed by atoms with van der Waals surface area (Å²) in [6, 6.07) is 66.3. The summed E-state index contributed by atoms with van der Waals surface area (Å²) in [6.07, 6.45) is 7.66. The number of hydrogen-bond acceptors (Lipinski definition) is 13. The molecule has 9 rings (SSSR count). The molecule has 8 aromatic carbocycles. The summed E-state index contributed by atoms with van der Waals surface area (Å²) in [6.45, 7) is 8.11. The second-order valence-corrected chi connectivity index (χ2v) is 23.8. The lowest BCUT2D eigenvalue weighted by atomic mass is 9.82. The molecule has 0 heterocycles. The first kappa shape index (κ1) is 72.5. The van der Waals surface area contributed by atoms with Crippen LogP contribution in [-0.4, -0.2) is 137 Å². The van der Waals surface area contributed by atoms with Gasteiger partial charge in [0.05, 0.1) is 32.5 Å². The molecule has 8 aromatic rings. The van der Waals surface area contributed by atoms with Crippen LogP contribution in [0.5, 0.6) is 0 Å². The van der Waals surface area contributed by atoms with Crippen molar-refractivity contribution in [1.82, 2.24) is 0 Å². The molecule has 90 heavy (non-hydrogen) atoms. The lowest BCUT2D eigenvalue weighted by molar-refractivity contribution is 0.119. The Morgan fingerprint density at radius 3 is 0.756 bits per heavy atom. The van der Waals surface area contributed by atoms with Crippen LogP contribution in [0.3, 0.4) is 0 Å².